The SMILES string of the molecule is OC1CCN(CCCNCc2ccc(F)cc2F)CC1. The molecule has 0 unspecified atom stereocenters. The summed E-state index contributed by atoms with van der Waals surface area (Å²) in [6.45, 7) is 4.12. The van der Waals surface area contributed by atoms with Gasteiger partial charge in [-0.15, -0.1) is 0 Å². The molecule has 1 aliphatic heterocycles. The number of rotatable bonds is 6. The Morgan fingerprint density at radius 3 is 2.70 bits per heavy atom. The third-order valence-corrected chi connectivity index (χ3v) is 3.72. The predicted molar refractivity (Wildman–Crippen MR) is 74.4 cm³/mol. The zero-order chi connectivity index (χ0) is 14.4. The lowest BCUT2D eigenvalue weighted by Crippen LogP contribution is -2.37. The maximum Gasteiger partial charge on any atom is 0.130 e. The van der Waals surface area contributed by atoms with Gasteiger partial charge in [0.15, 0.2) is 0 Å². The van der Waals surface area contributed by atoms with Gasteiger partial charge in [0.1, 0.15) is 11.6 Å². The van der Waals surface area contributed by atoms with Gasteiger partial charge in [0, 0.05) is 31.3 Å². The number of piperidine rings is 1. The van der Waals surface area contributed by atoms with Crippen molar-refractivity contribution in [3.05, 3.63) is 35.4 Å². The van der Waals surface area contributed by atoms with E-state index < -0.39 is 11.6 Å². The average molecular weight is 284 g/mol. The van der Waals surface area contributed by atoms with Crippen LogP contribution in [0.1, 0.15) is 24.8 Å². The van der Waals surface area contributed by atoms with E-state index in [0.29, 0.717) is 12.1 Å². The molecule has 112 valence electrons. The van der Waals surface area contributed by atoms with Gasteiger partial charge < -0.3 is 15.3 Å². The van der Waals surface area contributed by atoms with Crippen LogP contribution in [0.25, 0.3) is 0 Å². The fraction of sp³-hybridized carbons (Fsp3) is 0.600. The molecule has 2 rings (SSSR count). The lowest BCUT2D eigenvalue weighted by atomic mass is 10.1. The Morgan fingerprint density at radius 1 is 1.25 bits per heavy atom. The van der Waals surface area contributed by atoms with Crippen LogP contribution in [-0.4, -0.2) is 42.3 Å². The first-order chi connectivity index (χ1) is 9.65. The van der Waals surface area contributed by atoms with Crippen molar-refractivity contribution in [1.82, 2.24) is 10.2 Å². The molecule has 0 aromatic heterocycles. The van der Waals surface area contributed by atoms with E-state index >= 15 is 0 Å². The normalized spacial score (nSPS) is 17.6. The molecular formula is C15H22F2N2O. The molecule has 0 aliphatic carbocycles. The minimum atomic E-state index is -0.543. The number of hydrogen-bond donors (Lipinski definition) is 2. The van der Waals surface area contributed by atoms with Crippen LogP contribution in [0.5, 0.6) is 0 Å². The van der Waals surface area contributed by atoms with Crippen LogP contribution in [0.3, 0.4) is 0 Å². The number of halogens is 2. The van der Waals surface area contributed by atoms with Crippen LogP contribution in [0, 0.1) is 11.6 Å². The lowest BCUT2D eigenvalue weighted by Gasteiger charge is -2.29. The highest BCUT2D eigenvalue weighted by molar-refractivity contribution is 5.18. The summed E-state index contributed by atoms with van der Waals surface area (Å²) in [5, 5.41) is 12.6. The van der Waals surface area contributed by atoms with E-state index in [1.54, 1.807) is 0 Å². The largest absolute Gasteiger partial charge is 0.393 e. The highest BCUT2D eigenvalue weighted by Gasteiger charge is 2.15. The highest BCUT2D eigenvalue weighted by Crippen LogP contribution is 2.10. The van der Waals surface area contributed by atoms with Crippen LogP contribution < -0.4 is 5.32 Å². The van der Waals surface area contributed by atoms with Gasteiger partial charge >= 0.3 is 0 Å². The Hall–Kier alpha value is -1.04. The zero-order valence-electron chi connectivity index (χ0n) is 11.6. The molecule has 0 saturated carbocycles. The fourth-order valence-electron chi connectivity index (χ4n) is 2.46. The first kappa shape index (κ1) is 15.4. The van der Waals surface area contributed by atoms with E-state index in [4.69, 9.17) is 0 Å². The van der Waals surface area contributed by atoms with Crippen LogP contribution in [0.4, 0.5) is 8.78 Å². The van der Waals surface area contributed by atoms with Crippen molar-refractivity contribution in [2.24, 2.45) is 0 Å². The molecule has 1 aromatic rings. The smallest absolute Gasteiger partial charge is 0.130 e. The second kappa shape index (κ2) is 7.67. The summed E-state index contributed by atoms with van der Waals surface area (Å²) in [5.74, 6) is -1.04. The van der Waals surface area contributed by atoms with Crippen LogP contribution in [0.2, 0.25) is 0 Å². The zero-order valence-corrected chi connectivity index (χ0v) is 11.6. The highest BCUT2D eigenvalue weighted by atomic mass is 19.1. The van der Waals surface area contributed by atoms with E-state index in [2.05, 4.69) is 10.2 Å². The van der Waals surface area contributed by atoms with Gasteiger partial charge in [0.25, 0.3) is 0 Å². The first-order valence-corrected chi connectivity index (χ1v) is 7.20. The number of likely N-dealkylation sites (tertiary alicyclic amines) is 1. The molecule has 1 aromatic carbocycles. The van der Waals surface area contributed by atoms with Gasteiger partial charge in [-0.2, -0.15) is 0 Å². The standard InChI is InChI=1S/C15H22F2N2O/c16-13-3-2-12(15(17)10-13)11-18-6-1-7-19-8-4-14(20)5-9-19/h2-3,10,14,18,20H,1,4-9,11H2. The van der Waals surface area contributed by atoms with E-state index in [9.17, 15) is 13.9 Å². The van der Waals surface area contributed by atoms with Crippen molar-refractivity contribution in [3.63, 3.8) is 0 Å². The van der Waals surface area contributed by atoms with Gasteiger partial charge in [-0.05, 0) is 38.4 Å². The van der Waals surface area contributed by atoms with Crippen LogP contribution in [-0.2, 0) is 6.54 Å². The maximum atomic E-state index is 13.4. The monoisotopic (exact) mass is 284 g/mol. The number of nitrogens with one attached hydrogen (secondary N) is 1. The molecule has 3 nitrogen and oxygen atoms in total. The van der Waals surface area contributed by atoms with Gasteiger partial charge in [-0.25, -0.2) is 8.78 Å². The summed E-state index contributed by atoms with van der Waals surface area (Å²) in [6, 6.07) is 3.67. The maximum absolute atomic E-state index is 13.4. The first-order valence-electron chi connectivity index (χ1n) is 7.20. The summed E-state index contributed by atoms with van der Waals surface area (Å²) < 4.78 is 26.1. The molecule has 0 amide bonds. The van der Waals surface area contributed by atoms with Gasteiger partial charge in [-0.3, -0.25) is 0 Å². The van der Waals surface area contributed by atoms with Crippen molar-refractivity contribution in [3.8, 4) is 0 Å². The van der Waals surface area contributed by atoms with Crippen LogP contribution >= 0.6 is 0 Å². The summed E-state index contributed by atoms with van der Waals surface area (Å²) in [4.78, 5) is 2.34. The van der Waals surface area contributed by atoms with E-state index in [1.807, 2.05) is 0 Å². The Balaban J connectivity index is 1.59. The van der Waals surface area contributed by atoms with Gasteiger partial charge in [0.2, 0.25) is 0 Å². The van der Waals surface area contributed by atoms with Crippen molar-refractivity contribution >= 4 is 0 Å². The quantitative estimate of drug-likeness (QED) is 0.783. The van der Waals surface area contributed by atoms with Crippen molar-refractivity contribution in [2.45, 2.75) is 31.9 Å². The Bertz CT molecular complexity index is 420. The number of hydrogen-bond acceptors (Lipinski definition) is 3. The van der Waals surface area contributed by atoms with E-state index in [0.717, 1.165) is 51.5 Å². The van der Waals surface area contributed by atoms with Crippen molar-refractivity contribution in [1.29, 1.82) is 0 Å². The predicted octanol–water partition coefficient (Wildman–Crippen LogP) is 1.90. The molecule has 1 saturated heterocycles. The fourth-order valence-corrected chi connectivity index (χ4v) is 2.46. The summed E-state index contributed by atoms with van der Waals surface area (Å²) >= 11 is 0. The minimum absolute atomic E-state index is 0.133. The Labute approximate surface area is 118 Å². The number of aliphatic hydroxyl groups excluding tert-OH is 1. The molecule has 0 radical (unpaired) electrons. The Kier molecular flexibility index (Phi) is 5.88. The molecule has 1 heterocycles. The molecule has 0 atom stereocenters. The second-order valence-corrected chi connectivity index (χ2v) is 5.34. The molecule has 1 aliphatic rings. The molecular weight excluding hydrogens is 262 g/mol. The minimum Gasteiger partial charge on any atom is -0.393 e. The van der Waals surface area contributed by atoms with E-state index in [1.165, 1.54) is 12.1 Å². The van der Waals surface area contributed by atoms with E-state index in [-0.39, 0.29) is 6.10 Å². The topological polar surface area (TPSA) is 35.5 Å². The van der Waals surface area contributed by atoms with Gasteiger partial charge in [0.05, 0.1) is 6.10 Å². The van der Waals surface area contributed by atoms with Crippen molar-refractivity contribution in [2.75, 3.05) is 26.2 Å². The van der Waals surface area contributed by atoms with Gasteiger partial charge in [-0.1, -0.05) is 6.07 Å². The third-order valence-electron chi connectivity index (χ3n) is 3.72. The summed E-state index contributed by atoms with van der Waals surface area (Å²) in [7, 11) is 0. The third kappa shape index (κ3) is 4.81. The molecule has 5 heteroatoms. The number of nitrogens with zero attached hydrogens (tertiary/aromatic N) is 1. The molecule has 0 bridgehead atoms. The Morgan fingerprint density at radius 2 is 2.00 bits per heavy atom. The average Bonchev–Trinajstić information content (AvgIpc) is 2.42. The second-order valence-electron chi connectivity index (χ2n) is 5.34. The summed E-state index contributed by atoms with van der Waals surface area (Å²) in [5.41, 5.74) is 0.493. The number of aliphatic hydroxyl groups is 1. The molecule has 20 heavy (non-hydrogen) atoms. The number of benzene rings is 1. The summed E-state index contributed by atoms with van der Waals surface area (Å²) in [6.07, 6.45) is 2.56. The van der Waals surface area contributed by atoms with Crippen molar-refractivity contribution < 1.29 is 13.9 Å². The lowest BCUT2D eigenvalue weighted by molar-refractivity contribution is 0.0821. The molecule has 2 N–H and O–H groups in total. The van der Waals surface area contributed by atoms with Crippen LogP contribution in [0.15, 0.2) is 18.2 Å². The molecule has 1 fully saturated rings. The molecule has 0 spiro atoms.